The molecular formula is C15H17N5S. The SMILES string of the molecule is CCNc1nc(-n2cnc3c2CCCC3)c2ccsc2n1. The highest BCUT2D eigenvalue weighted by molar-refractivity contribution is 7.16. The van der Waals surface area contributed by atoms with Crippen LogP contribution in [-0.2, 0) is 12.8 Å². The highest BCUT2D eigenvalue weighted by Crippen LogP contribution is 2.29. The zero-order valence-corrected chi connectivity index (χ0v) is 12.8. The van der Waals surface area contributed by atoms with E-state index in [1.807, 2.05) is 6.33 Å². The normalized spacial score (nSPS) is 14.3. The third-order valence-electron chi connectivity index (χ3n) is 3.90. The number of anilines is 1. The maximum atomic E-state index is 4.72. The van der Waals surface area contributed by atoms with E-state index >= 15 is 0 Å². The first-order valence-corrected chi connectivity index (χ1v) is 8.29. The van der Waals surface area contributed by atoms with E-state index in [0.717, 1.165) is 35.4 Å². The van der Waals surface area contributed by atoms with Gasteiger partial charge in [0.15, 0.2) is 5.82 Å². The summed E-state index contributed by atoms with van der Waals surface area (Å²) in [5, 5.41) is 6.40. The first kappa shape index (κ1) is 12.8. The molecule has 0 unspecified atom stereocenters. The minimum Gasteiger partial charge on any atom is -0.354 e. The Balaban J connectivity index is 1.92. The van der Waals surface area contributed by atoms with E-state index in [1.54, 1.807) is 11.3 Å². The highest BCUT2D eigenvalue weighted by atomic mass is 32.1. The van der Waals surface area contributed by atoms with Gasteiger partial charge in [0, 0.05) is 12.2 Å². The molecule has 0 bridgehead atoms. The molecule has 0 aromatic carbocycles. The number of hydrogen-bond acceptors (Lipinski definition) is 5. The van der Waals surface area contributed by atoms with Crippen molar-refractivity contribution in [3.05, 3.63) is 29.2 Å². The van der Waals surface area contributed by atoms with Crippen LogP contribution in [0, 0.1) is 0 Å². The predicted octanol–water partition coefficient (Wildman–Crippen LogP) is 3.19. The van der Waals surface area contributed by atoms with Crippen molar-refractivity contribution in [3.63, 3.8) is 0 Å². The molecule has 0 radical (unpaired) electrons. The fourth-order valence-corrected chi connectivity index (χ4v) is 3.67. The predicted molar refractivity (Wildman–Crippen MR) is 85.3 cm³/mol. The number of rotatable bonds is 3. The molecule has 6 heteroatoms. The second kappa shape index (κ2) is 5.11. The summed E-state index contributed by atoms with van der Waals surface area (Å²) < 4.78 is 2.16. The lowest BCUT2D eigenvalue weighted by Gasteiger charge is -2.14. The number of nitrogens with one attached hydrogen (secondary N) is 1. The van der Waals surface area contributed by atoms with Gasteiger partial charge in [-0.2, -0.15) is 4.98 Å². The molecule has 3 heterocycles. The van der Waals surface area contributed by atoms with Crippen LogP contribution >= 0.6 is 11.3 Å². The number of imidazole rings is 1. The monoisotopic (exact) mass is 299 g/mol. The van der Waals surface area contributed by atoms with E-state index in [4.69, 9.17) is 4.98 Å². The summed E-state index contributed by atoms with van der Waals surface area (Å²) in [7, 11) is 0. The zero-order chi connectivity index (χ0) is 14.2. The van der Waals surface area contributed by atoms with Gasteiger partial charge < -0.3 is 5.32 Å². The van der Waals surface area contributed by atoms with E-state index < -0.39 is 0 Å². The van der Waals surface area contributed by atoms with Crippen molar-refractivity contribution < 1.29 is 0 Å². The fraction of sp³-hybridized carbons (Fsp3) is 0.400. The second-order valence-electron chi connectivity index (χ2n) is 5.26. The second-order valence-corrected chi connectivity index (χ2v) is 6.15. The molecule has 5 nitrogen and oxygen atoms in total. The van der Waals surface area contributed by atoms with Gasteiger partial charge in [-0.3, -0.25) is 4.57 Å². The first-order chi connectivity index (χ1) is 10.4. The smallest absolute Gasteiger partial charge is 0.226 e. The van der Waals surface area contributed by atoms with Crippen molar-refractivity contribution in [2.24, 2.45) is 0 Å². The summed E-state index contributed by atoms with van der Waals surface area (Å²) in [6.07, 6.45) is 6.56. The molecule has 0 atom stereocenters. The third kappa shape index (κ3) is 2.10. The van der Waals surface area contributed by atoms with Gasteiger partial charge in [-0.25, -0.2) is 9.97 Å². The van der Waals surface area contributed by atoms with Crippen LogP contribution in [0.25, 0.3) is 16.0 Å². The van der Waals surface area contributed by atoms with Gasteiger partial charge in [0.05, 0.1) is 11.1 Å². The van der Waals surface area contributed by atoms with Crippen molar-refractivity contribution in [1.82, 2.24) is 19.5 Å². The van der Waals surface area contributed by atoms with Gasteiger partial charge in [-0.15, -0.1) is 11.3 Å². The van der Waals surface area contributed by atoms with Gasteiger partial charge in [0.2, 0.25) is 5.95 Å². The molecule has 4 rings (SSSR count). The number of fused-ring (bicyclic) bond motifs is 2. The van der Waals surface area contributed by atoms with Crippen LogP contribution in [0.4, 0.5) is 5.95 Å². The summed E-state index contributed by atoms with van der Waals surface area (Å²) in [4.78, 5) is 14.9. The van der Waals surface area contributed by atoms with Crippen LogP contribution in [0.15, 0.2) is 17.8 Å². The maximum Gasteiger partial charge on any atom is 0.226 e. The van der Waals surface area contributed by atoms with Gasteiger partial charge in [-0.1, -0.05) is 0 Å². The lowest BCUT2D eigenvalue weighted by Crippen LogP contribution is -2.10. The molecule has 21 heavy (non-hydrogen) atoms. The number of aryl methyl sites for hydroxylation is 1. The Bertz CT molecular complexity index is 789. The highest BCUT2D eigenvalue weighted by Gasteiger charge is 2.19. The molecular weight excluding hydrogens is 282 g/mol. The summed E-state index contributed by atoms with van der Waals surface area (Å²) in [5.41, 5.74) is 2.54. The molecule has 108 valence electrons. The first-order valence-electron chi connectivity index (χ1n) is 7.41. The Labute approximate surface area is 127 Å². The average Bonchev–Trinajstić information content (AvgIpc) is 3.13. The van der Waals surface area contributed by atoms with Crippen molar-refractivity contribution in [2.75, 3.05) is 11.9 Å². The minimum atomic E-state index is 0.695. The van der Waals surface area contributed by atoms with Gasteiger partial charge >= 0.3 is 0 Å². The largest absolute Gasteiger partial charge is 0.354 e. The van der Waals surface area contributed by atoms with E-state index in [9.17, 15) is 0 Å². The van der Waals surface area contributed by atoms with Crippen molar-refractivity contribution in [1.29, 1.82) is 0 Å². The van der Waals surface area contributed by atoms with Crippen LogP contribution in [-0.4, -0.2) is 26.1 Å². The Morgan fingerprint density at radius 3 is 3.10 bits per heavy atom. The van der Waals surface area contributed by atoms with Crippen LogP contribution in [0.2, 0.25) is 0 Å². The van der Waals surface area contributed by atoms with E-state index in [-0.39, 0.29) is 0 Å². The lowest BCUT2D eigenvalue weighted by molar-refractivity contribution is 0.654. The quantitative estimate of drug-likeness (QED) is 0.807. The Hall–Kier alpha value is -1.95. The summed E-state index contributed by atoms with van der Waals surface area (Å²) in [6.45, 7) is 2.87. The van der Waals surface area contributed by atoms with Gasteiger partial charge in [0.25, 0.3) is 0 Å². The van der Waals surface area contributed by atoms with Crippen molar-refractivity contribution in [3.8, 4) is 5.82 Å². The number of aromatic nitrogens is 4. The van der Waals surface area contributed by atoms with Crippen molar-refractivity contribution >= 4 is 27.5 Å². The molecule has 0 saturated heterocycles. The van der Waals surface area contributed by atoms with Crippen LogP contribution in [0.1, 0.15) is 31.2 Å². The van der Waals surface area contributed by atoms with E-state index in [0.29, 0.717) is 5.95 Å². The van der Waals surface area contributed by atoms with Gasteiger partial charge in [0.1, 0.15) is 11.2 Å². The topological polar surface area (TPSA) is 55.6 Å². The number of nitrogens with zero attached hydrogens (tertiary/aromatic N) is 4. The zero-order valence-electron chi connectivity index (χ0n) is 12.0. The van der Waals surface area contributed by atoms with E-state index in [1.165, 1.54) is 24.2 Å². The van der Waals surface area contributed by atoms with Crippen LogP contribution in [0.5, 0.6) is 0 Å². The van der Waals surface area contributed by atoms with E-state index in [2.05, 4.69) is 38.2 Å². The van der Waals surface area contributed by atoms with Crippen LogP contribution < -0.4 is 5.32 Å². The molecule has 0 saturated carbocycles. The molecule has 0 amide bonds. The summed E-state index contributed by atoms with van der Waals surface area (Å²) in [5.74, 6) is 1.65. The Morgan fingerprint density at radius 1 is 1.29 bits per heavy atom. The maximum absolute atomic E-state index is 4.72. The molecule has 1 aliphatic rings. The molecule has 3 aromatic rings. The van der Waals surface area contributed by atoms with Crippen LogP contribution in [0.3, 0.4) is 0 Å². The number of thiophene rings is 1. The lowest BCUT2D eigenvalue weighted by atomic mass is 10.0. The fourth-order valence-electron chi connectivity index (χ4n) is 2.91. The number of hydrogen-bond donors (Lipinski definition) is 1. The molecule has 0 fully saturated rings. The molecule has 0 spiro atoms. The molecule has 1 aliphatic carbocycles. The Morgan fingerprint density at radius 2 is 2.19 bits per heavy atom. The standard InChI is InChI=1S/C15H17N5S/c1-2-16-15-18-13(10-7-8-21-14(10)19-15)20-9-17-11-5-3-4-6-12(11)20/h7-9H,2-6H2,1H3,(H,16,18,19). The Kier molecular flexibility index (Phi) is 3.11. The van der Waals surface area contributed by atoms with Crippen molar-refractivity contribution in [2.45, 2.75) is 32.6 Å². The summed E-state index contributed by atoms with van der Waals surface area (Å²) in [6, 6.07) is 2.10. The van der Waals surface area contributed by atoms with Gasteiger partial charge in [-0.05, 0) is 44.1 Å². The average molecular weight is 299 g/mol. The molecule has 1 N–H and O–H groups in total. The third-order valence-corrected chi connectivity index (χ3v) is 4.70. The molecule has 0 aliphatic heterocycles. The molecule has 3 aromatic heterocycles. The minimum absolute atomic E-state index is 0.695. The summed E-state index contributed by atoms with van der Waals surface area (Å²) >= 11 is 1.65.